The molecule has 114 valence electrons. The molecule has 3 aromatic rings. The molecule has 1 heteroatoms. The van der Waals surface area contributed by atoms with Gasteiger partial charge in [0.1, 0.15) is 0 Å². The van der Waals surface area contributed by atoms with E-state index in [1.807, 2.05) is 0 Å². The Labute approximate surface area is 133 Å². The molecule has 0 aliphatic carbocycles. The number of hydrogen-bond donors (Lipinski definition) is 0. The van der Waals surface area contributed by atoms with Gasteiger partial charge in [0.25, 0.3) is 0 Å². The van der Waals surface area contributed by atoms with Crippen LogP contribution in [0.5, 0.6) is 0 Å². The molecular weight excluding hydrogens is 266 g/mol. The lowest BCUT2D eigenvalue weighted by molar-refractivity contribution is 0.605. The van der Waals surface area contributed by atoms with Gasteiger partial charge in [-0.25, -0.2) is 0 Å². The fraction of sp³-hybridized carbons (Fsp3) is 0.381. The molecule has 2 aromatic carbocycles. The minimum atomic E-state index is 1.10. The van der Waals surface area contributed by atoms with Gasteiger partial charge in [0.2, 0.25) is 0 Å². The molecular formula is C21H25N. The van der Waals surface area contributed by atoms with Crippen molar-refractivity contribution in [3.05, 3.63) is 54.2 Å². The predicted molar refractivity (Wildman–Crippen MR) is 96.3 cm³/mol. The number of fused-ring (bicyclic) bond motifs is 3. The van der Waals surface area contributed by atoms with Crippen LogP contribution in [0.3, 0.4) is 0 Å². The molecule has 0 amide bonds. The smallest absolute Gasteiger partial charge is 0.0783 e. The Bertz CT molecular complexity index is 745. The molecule has 1 heterocycles. The van der Waals surface area contributed by atoms with Crippen LogP contribution in [0.1, 0.15) is 51.1 Å². The molecule has 0 bridgehead atoms. The van der Waals surface area contributed by atoms with Crippen LogP contribution >= 0.6 is 0 Å². The molecule has 0 aliphatic rings. The molecule has 3 rings (SSSR count). The number of pyridine rings is 1. The monoisotopic (exact) mass is 291 g/mol. The Hall–Kier alpha value is -1.89. The quantitative estimate of drug-likeness (QED) is 0.368. The maximum atomic E-state index is 4.94. The Morgan fingerprint density at radius 2 is 1.45 bits per heavy atom. The van der Waals surface area contributed by atoms with Gasteiger partial charge in [0, 0.05) is 16.5 Å². The van der Waals surface area contributed by atoms with Crippen molar-refractivity contribution in [2.24, 2.45) is 0 Å². The van der Waals surface area contributed by atoms with Crippen LogP contribution < -0.4 is 0 Å². The van der Waals surface area contributed by atoms with E-state index >= 15 is 0 Å². The Morgan fingerprint density at radius 1 is 0.727 bits per heavy atom. The van der Waals surface area contributed by atoms with Crippen LogP contribution in [0.25, 0.3) is 21.7 Å². The third kappa shape index (κ3) is 3.47. The largest absolute Gasteiger partial charge is 0.252 e. The maximum absolute atomic E-state index is 4.94. The number of nitrogens with zero attached hydrogens (tertiary/aromatic N) is 1. The van der Waals surface area contributed by atoms with Crippen molar-refractivity contribution < 1.29 is 0 Å². The fourth-order valence-electron chi connectivity index (χ4n) is 3.12. The molecule has 0 saturated heterocycles. The zero-order chi connectivity index (χ0) is 15.2. The molecule has 1 nitrogen and oxygen atoms in total. The third-order valence-electron chi connectivity index (χ3n) is 4.43. The van der Waals surface area contributed by atoms with E-state index in [2.05, 4.69) is 55.5 Å². The normalized spacial score (nSPS) is 11.3. The van der Waals surface area contributed by atoms with Gasteiger partial charge in [0.05, 0.1) is 5.52 Å². The van der Waals surface area contributed by atoms with Crippen molar-refractivity contribution in [3.63, 3.8) is 0 Å². The standard InChI is InChI=1S/C21H25N/c1-2-3-4-5-6-7-11-19-16-15-18-14-13-17-10-8-9-12-20(17)21(18)22-19/h8-10,12-16H,2-7,11H2,1H3. The first-order valence-corrected chi connectivity index (χ1v) is 8.66. The average Bonchev–Trinajstić information content (AvgIpc) is 2.58. The van der Waals surface area contributed by atoms with E-state index in [4.69, 9.17) is 4.98 Å². The van der Waals surface area contributed by atoms with Crippen LogP contribution in [0.2, 0.25) is 0 Å². The Balaban J connectivity index is 1.73. The number of rotatable bonds is 7. The molecule has 0 aliphatic heterocycles. The highest BCUT2D eigenvalue weighted by molar-refractivity contribution is 6.05. The molecule has 0 radical (unpaired) electrons. The zero-order valence-electron chi connectivity index (χ0n) is 13.5. The van der Waals surface area contributed by atoms with E-state index in [9.17, 15) is 0 Å². The predicted octanol–water partition coefficient (Wildman–Crippen LogP) is 6.29. The minimum absolute atomic E-state index is 1.10. The van der Waals surface area contributed by atoms with Crippen molar-refractivity contribution in [1.82, 2.24) is 4.98 Å². The summed E-state index contributed by atoms with van der Waals surface area (Å²) in [6.45, 7) is 2.27. The fourth-order valence-corrected chi connectivity index (χ4v) is 3.12. The number of aromatic nitrogens is 1. The summed E-state index contributed by atoms with van der Waals surface area (Å²) in [6.07, 6.45) is 9.13. The van der Waals surface area contributed by atoms with Gasteiger partial charge in [-0.2, -0.15) is 0 Å². The van der Waals surface area contributed by atoms with E-state index in [1.165, 1.54) is 60.4 Å². The number of unbranched alkanes of at least 4 members (excludes halogenated alkanes) is 5. The molecule has 0 atom stereocenters. The van der Waals surface area contributed by atoms with Gasteiger partial charge in [-0.15, -0.1) is 0 Å². The summed E-state index contributed by atoms with van der Waals surface area (Å²) in [5, 5.41) is 3.79. The number of hydrogen-bond acceptors (Lipinski definition) is 1. The van der Waals surface area contributed by atoms with E-state index in [0.29, 0.717) is 0 Å². The van der Waals surface area contributed by atoms with E-state index in [0.717, 1.165) is 11.9 Å². The van der Waals surface area contributed by atoms with Crippen molar-refractivity contribution in [1.29, 1.82) is 0 Å². The molecule has 0 spiro atoms. The molecule has 0 fully saturated rings. The van der Waals surface area contributed by atoms with Crippen molar-refractivity contribution >= 4 is 21.7 Å². The van der Waals surface area contributed by atoms with Gasteiger partial charge >= 0.3 is 0 Å². The molecule has 22 heavy (non-hydrogen) atoms. The second-order valence-electron chi connectivity index (χ2n) is 6.18. The number of benzene rings is 2. The second-order valence-corrected chi connectivity index (χ2v) is 6.18. The maximum Gasteiger partial charge on any atom is 0.0783 e. The highest BCUT2D eigenvalue weighted by Gasteiger charge is 2.03. The van der Waals surface area contributed by atoms with E-state index in [-0.39, 0.29) is 0 Å². The van der Waals surface area contributed by atoms with Crippen LogP contribution in [0, 0.1) is 0 Å². The summed E-state index contributed by atoms with van der Waals surface area (Å²) < 4.78 is 0. The number of aryl methyl sites for hydroxylation is 1. The third-order valence-corrected chi connectivity index (χ3v) is 4.43. The van der Waals surface area contributed by atoms with Gasteiger partial charge < -0.3 is 0 Å². The van der Waals surface area contributed by atoms with E-state index < -0.39 is 0 Å². The molecule has 0 saturated carbocycles. The zero-order valence-corrected chi connectivity index (χ0v) is 13.5. The molecule has 1 aromatic heterocycles. The highest BCUT2D eigenvalue weighted by atomic mass is 14.7. The average molecular weight is 291 g/mol. The second kappa shape index (κ2) is 7.40. The summed E-state index contributed by atoms with van der Waals surface area (Å²) in [5.74, 6) is 0. The van der Waals surface area contributed by atoms with Crippen molar-refractivity contribution in [2.45, 2.75) is 51.9 Å². The summed E-state index contributed by atoms with van der Waals surface area (Å²) in [7, 11) is 0. The Kier molecular flexibility index (Phi) is 5.05. The first kappa shape index (κ1) is 15.0. The summed E-state index contributed by atoms with van der Waals surface area (Å²) >= 11 is 0. The first-order chi connectivity index (χ1) is 10.9. The van der Waals surface area contributed by atoms with Crippen molar-refractivity contribution in [3.8, 4) is 0 Å². The highest BCUT2D eigenvalue weighted by Crippen LogP contribution is 2.24. The van der Waals surface area contributed by atoms with Gasteiger partial charge in [-0.3, -0.25) is 4.98 Å². The summed E-state index contributed by atoms with van der Waals surface area (Å²) in [6, 6.07) is 17.3. The molecule has 0 N–H and O–H groups in total. The van der Waals surface area contributed by atoms with Crippen LogP contribution in [0.15, 0.2) is 48.5 Å². The van der Waals surface area contributed by atoms with Gasteiger partial charge in [0.15, 0.2) is 0 Å². The lowest BCUT2D eigenvalue weighted by Gasteiger charge is -2.06. The summed E-state index contributed by atoms with van der Waals surface area (Å²) in [5.41, 5.74) is 2.39. The van der Waals surface area contributed by atoms with Gasteiger partial charge in [-0.1, -0.05) is 81.5 Å². The van der Waals surface area contributed by atoms with E-state index in [1.54, 1.807) is 0 Å². The van der Waals surface area contributed by atoms with Crippen LogP contribution in [-0.4, -0.2) is 4.98 Å². The van der Waals surface area contributed by atoms with Gasteiger partial charge in [-0.05, 0) is 24.3 Å². The topological polar surface area (TPSA) is 12.9 Å². The Morgan fingerprint density at radius 3 is 2.36 bits per heavy atom. The van der Waals surface area contributed by atoms with Crippen molar-refractivity contribution in [2.75, 3.05) is 0 Å². The van der Waals surface area contributed by atoms with Crippen LogP contribution in [0.4, 0.5) is 0 Å². The SMILES string of the molecule is CCCCCCCCc1ccc2ccc3ccccc3c2n1. The summed E-state index contributed by atoms with van der Waals surface area (Å²) in [4.78, 5) is 4.94. The lowest BCUT2D eigenvalue weighted by atomic mass is 10.0. The minimum Gasteiger partial charge on any atom is -0.252 e. The first-order valence-electron chi connectivity index (χ1n) is 8.66. The lowest BCUT2D eigenvalue weighted by Crippen LogP contribution is -1.92. The molecule has 0 unspecified atom stereocenters. The van der Waals surface area contributed by atoms with Crippen LogP contribution in [-0.2, 0) is 6.42 Å².